The van der Waals surface area contributed by atoms with Crippen molar-refractivity contribution < 1.29 is 4.79 Å². The maximum Gasteiger partial charge on any atom is 0.189 e. The minimum absolute atomic E-state index is 0.361. The fourth-order valence-electron chi connectivity index (χ4n) is 1.90. The van der Waals surface area contributed by atoms with Gasteiger partial charge < -0.3 is 11.1 Å². The molecular formula is C15H12N4OS. The average molecular weight is 296 g/mol. The molecule has 3 rings (SSSR count). The van der Waals surface area contributed by atoms with E-state index in [0.29, 0.717) is 27.1 Å². The standard InChI is InChI=1S/C15H12N4OS/c16-14-13(12-10(9-20)5-4-8-17-12)21-15(19-14)18-11-6-2-1-3-7-11/h1-9H,16H2,(H,18,19). The Morgan fingerprint density at radius 2 is 1.95 bits per heavy atom. The summed E-state index contributed by atoms with van der Waals surface area (Å²) in [5.74, 6) is 0.361. The summed E-state index contributed by atoms with van der Waals surface area (Å²) < 4.78 is 0. The van der Waals surface area contributed by atoms with E-state index in [1.165, 1.54) is 11.3 Å². The molecule has 3 aromatic rings. The van der Waals surface area contributed by atoms with E-state index < -0.39 is 0 Å². The van der Waals surface area contributed by atoms with Crippen LogP contribution in [0.15, 0.2) is 48.7 Å². The molecule has 0 saturated carbocycles. The SMILES string of the molecule is Nc1nc(Nc2ccccc2)sc1-c1ncccc1C=O. The molecule has 0 atom stereocenters. The van der Waals surface area contributed by atoms with Crippen molar-refractivity contribution in [1.82, 2.24) is 9.97 Å². The molecule has 5 nitrogen and oxygen atoms in total. The Hall–Kier alpha value is -2.73. The Labute approximate surface area is 125 Å². The number of nitrogens with two attached hydrogens (primary N) is 1. The number of nitrogens with zero attached hydrogens (tertiary/aromatic N) is 2. The average Bonchev–Trinajstić information content (AvgIpc) is 2.88. The zero-order valence-electron chi connectivity index (χ0n) is 11.0. The third-order valence-electron chi connectivity index (χ3n) is 2.86. The highest BCUT2D eigenvalue weighted by molar-refractivity contribution is 7.19. The Kier molecular flexibility index (Phi) is 3.61. The number of nitrogens with one attached hydrogen (secondary N) is 1. The lowest BCUT2D eigenvalue weighted by atomic mass is 10.2. The van der Waals surface area contributed by atoms with Crippen LogP contribution in [-0.2, 0) is 0 Å². The molecule has 3 N–H and O–H groups in total. The second kappa shape index (κ2) is 5.72. The molecular weight excluding hydrogens is 284 g/mol. The van der Waals surface area contributed by atoms with Gasteiger partial charge in [0, 0.05) is 17.4 Å². The first-order chi connectivity index (χ1) is 10.3. The number of nitrogen functional groups attached to an aromatic ring is 1. The van der Waals surface area contributed by atoms with Gasteiger partial charge in [-0.15, -0.1) is 0 Å². The van der Waals surface area contributed by atoms with Crippen LogP contribution in [0.2, 0.25) is 0 Å². The van der Waals surface area contributed by atoms with Crippen LogP contribution < -0.4 is 11.1 Å². The molecule has 0 aliphatic carbocycles. The van der Waals surface area contributed by atoms with Crippen molar-refractivity contribution in [2.24, 2.45) is 0 Å². The maximum atomic E-state index is 11.1. The summed E-state index contributed by atoms with van der Waals surface area (Å²) >= 11 is 1.37. The molecule has 6 heteroatoms. The number of pyridine rings is 1. The lowest BCUT2D eigenvalue weighted by molar-refractivity contribution is 0.112. The number of hydrogen-bond acceptors (Lipinski definition) is 6. The predicted molar refractivity (Wildman–Crippen MR) is 84.9 cm³/mol. The van der Waals surface area contributed by atoms with E-state index in [2.05, 4.69) is 15.3 Å². The molecule has 0 fully saturated rings. The van der Waals surface area contributed by atoms with Gasteiger partial charge >= 0.3 is 0 Å². The molecule has 21 heavy (non-hydrogen) atoms. The van der Waals surface area contributed by atoms with Gasteiger partial charge in [0.15, 0.2) is 11.4 Å². The van der Waals surface area contributed by atoms with Gasteiger partial charge in [0.2, 0.25) is 0 Å². The van der Waals surface area contributed by atoms with Crippen LogP contribution in [0.3, 0.4) is 0 Å². The number of aromatic nitrogens is 2. The smallest absolute Gasteiger partial charge is 0.189 e. The summed E-state index contributed by atoms with van der Waals surface area (Å²) in [4.78, 5) is 20.3. The van der Waals surface area contributed by atoms with Crippen molar-refractivity contribution in [2.75, 3.05) is 11.1 Å². The molecule has 0 radical (unpaired) electrons. The molecule has 0 aliphatic heterocycles. The topological polar surface area (TPSA) is 80.9 Å². The molecule has 1 aromatic carbocycles. The van der Waals surface area contributed by atoms with E-state index in [0.717, 1.165) is 12.0 Å². The molecule has 0 spiro atoms. The molecule has 0 aliphatic rings. The highest BCUT2D eigenvalue weighted by Crippen LogP contribution is 2.36. The van der Waals surface area contributed by atoms with Crippen molar-refractivity contribution >= 4 is 34.3 Å². The number of aldehydes is 1. The normalized spacial score (nSPS) is 10.3. The number of thiazole rings is 1. The van der Waals surface area contributed by atoms with E-state index in [1.54, 1.807) is 18.3 Å². The van der Waals surface area contributed by atoms with Gasteiger partial charge in [-0.05, 0) is 24.3 Å². The maximum absolute atomic E-state index is 11.1. The summed E-state index contributed by atoms with van der Waals surface area (Å²) in [6, 6.07) is 13.1. The predicted octanol–water partition coefficient (Wildman–Crippen LogP) is 3.34. The molecule has 2 aromatic heterocycles. The Morgan fingerprint density at radius 1 is 1.14 bits per heavy atom. The van der Waals surface area contributed by atoms with Crippen molar-refractivity contribution in [3.8, 4) is 10.6 Å². The lowest BCUT2D eigenvalue weighted by Crippen LogP contribution is -1.93. The van der Waals surface area contributed by atoms with Gasteiger partial charge in [-0.2, -0.15) is 0 Å². The number of anilines is 3. The van der Waals surface area contributed by atoms with Gasteiger partial charge in [0.05, 0.1) is 10.6 Å². The molecule has 0 amide bonds. The monoisotopic (exact) mass is 296 g/mol. The zero-order chi connectivity index (χ0) is 14.7. The number of rotatable bonds is 4. The van der Waals surface area contributed by atoms with Gasteiger partial charge in [0.1, 0.15) is 5.82 Å². The Morgan fingerprint density at radius 3 is 2.71 bits per heavy atom. The highest BCUT2D eigenvalue weighted by Gasteiger charge is 2.15. The second-order valence-electron chi connectivity index (χ2n) is 4.28. The highest BCUT2D eigenvalue weighted by atomic mass is 32.1. The number of hydrogen-bond donors (Lipinski definition) is 2. The van der Waals surface area contributed by atoms with E-state index in [-0.39, 0.29) is 0 Å². The van der Waals surface area contributed by atoms with Gasteiger partial charge in [0.25, 0.3) is 0 Å². The quantitative estimate of drug-likeness (QED) is 0.722. The summed E-state index contributed by atoms with van der Waals surface area (Å²) in [5, 5.41) is 3.85. The van der Waals surface area contributed by atoms with Crippen LogP contribution in [0, 0.1) is 0 Å². The molecule has 2 heterocycles. The number of para-hydroxylation sites is 1. The minimum Gasteiger partial charge on any atom is -0.382 e. The zero-order valence-corrected chi connectivity index (χ0v) is 11.8. The first-order valence-corrected chi connectivity index (χ1v) is 7.08. The van der Waals surface area contributed by atoms with Crippen molar-refractivity contribution in [3.63, 3.8) is 0 Å². The summed E-state index contributed by atoms with van der Waals surface area (Å²) in [7, 11) is 0. The fourth-order valence-corrected chi connectivity index (χ4v) is 2.83. The van der Waals surface area contributed by atoms with Crippen LogP contribution in [0.4, 0.5) is 16.6 Å². The van der Waals surface area contributed by atoms with Gasteiger partial charge in [-0.3, -0.25) is 9.78 Å². The largest absolute Gasteiger partial charge is 0.382 e. The molecule has 0 unspecified atom stereocenters. The van der Waals surface area contributed by atoms with Crippen LogP contribution in [0.5, 0.6) is 0 Å². The first-order valence-electron chi connectivity index (χ1n) is 6.27. The number of carbonyl (C=O) groups is 1. The van der Waals surface area contributed by atoms with Crippen molar-refractivity contribution in [3.05, 3.63) is 54.2 Å². The van der Waals surface area contributed by atoms with Gasteiger partial charge in [-0.1, -0.05) is 29.5 Å². The summed E-state index contributed by atoms with van der Waals surface area (Å²) in [6.45, 7) is 0. The second-order valence-corrected chi connectivity index (χ2v) is 5.28. The number of carbonyl (C=O) groups excluding carboxylic acids is 1. The Bertz CT molecular complexity index is 770. The van der Waals surface area contributed by atoms with E-state index in [1.807, 2.05) is 30.3 Å². The van der Waals surface area contributed by atoms with Crippen LogP contribution in [0.25, 0.3) is 10.6 Å². The molecule has 0 bridgehead atoms. The van der Waals surface area contributed by atoms with Gasteiger partial charge in [-0.25, -0.2) is 4.98 Å². The molecule has 0 saturated heterocycles. The number of benzene rings is 1. The van der Waals surface area contributed by atoms with Crippen molar-refractivity contribution in [1.29, 1.82) is 0 Å². The van der Waals surface area contributed by atoms with Crippen molar-refractivity contribution in [2.45, 2.75) is 0 Å². The summed E-state index contributed by atoms with van der Waals surface area (Å²) in [5.41, 5.74) is 7.94. The minimum atomic E-state index is 0.361. The third kappa shape index (κ3) is 2.75. The first kappa shape index (κ1) is 13.3. The van der Waals surface area contributed by atoms with Crippen LogP contribution >= 0.6 is 11.3 Å². The van der Waals surface area contributed by atoms with Crippen LogP contribution in [-0.4, -0.2) is 16.3 Å². The molecule has 104 valence electrons. The van der Waals surface area contributed by atoms with E-state index in [9.17, 15) is 4.79 Å². The summed E-state index contributed by atoms with van der Waals surface area (Å²) in [6.07, 6.45) is 2.40. The third-order valence-corrected chi connectivity index (χ3v) is 3.85. The fraction of sp³-hybridized carbons (Fsp3) is 0. The Balaban J connectivity index is 1.96. The van der Waals surface area contributed by atoms with E-state index in [4.69, 9.17) is 5.73 Å². The lowest BCUT2D eigenvalue weighted by Gasteiger charge is -2.01. The van der Waals surface area contributed by atoms with Crippen LogP contribution in [0.1, 0.15) is 10.4 Å². The van der Waals surface area contributed by atoms with E-state index >= 15 is 0 Å².